The van der Waals surface area contributed by atoms with Crippen molar-refractivity contribution in [1.29, 1.82) is 0 Å². The van der Waals surface area contributed by atoms with Crippen LogP contribution in [-0.4, -0.2) is 41.4 Å². The first-order valence-electron chi connectivity index (χ1n) is 9.55. The Morgan fingerprint density at radius 1 is 1.05 bits per heavy atom. The molecule has 1 atom stereocenters. The number of aldehydes is 1. The summed E-state index contributed by atoms with van der Waals surface area (Å²) in [7, 11) is 0. The third-order valence-electron chi connectivity index (χ3n) is 5.65. The second-order valence-electron chi connectivity index (χ2n) is 7.17. The molecule has 130 valence electrons. The second kappa shape index (κ2) is 9.02. The number of unbranched alkanes of at least 4 members (excludes halogenated alkanes) is 1. The molecule has 1 fully saturated rings. The number of hydrogen-bond donors (Lipinski definition) is 1. The molecule has 0 amide bonds. The van der Waals surface area contributed by atoms with Gasteiger partial charge in [-0.05, 0) is 38.6 Å². The predicted molar refractivity (Wildman–Crippen MR) is 95.3 cm³/mol. The highest BCUT2D eigenvalue weighted by atomic mass is 16.1. The Kier molecular flexibility index (Phi) is 8.06. The number of carbonyl (C=O) groups excluding carboxylic acids is 1. The number of hydrogen-bond acceptors (Lipinski definition) is 3. The molecule has 0 aliphatic carbocycles. The Labute approximate surface area is 138 Å². The Hall–Kier alpha value is -0.410. The minimum atomic E-state index is -0.0384. The van der Waals surface area contributed by atoms with E-state index in [0.29, 0.717) is 0 Å². The minimum absolute atomic E-state index is 0.0326. The fourth-order valence-corrected chi connectivity index (χ4v) is 4.36. The summed E-state index contributed by atoms with van der Waals surface area (Å²) in [6.45, 7) is 13.4. The molecule has 1 saturated heterocycles. The van der Waals surface area contributed by atoms with Gasteiger partial charge in [0.2, 0.25) is 0 Å². The Morgan fingerprint density at radius 2 is 1.64 bits per heavy atom. The van der Waals surface area contributed by atoms with Gasteiger partial charge in [-0.15, -0.1) is 0 Å². The highest BCUT2D eigenvalue weighted by Gasteiger charge is 2.50. The van der Waals surface area contributed by atoms with Crippen LogP contribution in [0.1, 0.15) is 86.0 Å². The highest BCUT2D eigenvalue weighted by molar-refractivity contribution is 5.61. The fourth-order valence-electron chi connectivity index (χ4n) is 4.36. The highest BCUT2D eigenvalue weighted by Crippen LogP contribution is 2.36. The van der Waals surface area contributed by atoms with Gasteiger partial charge in [0.05, 0.1) is 6.04 Å². The largest absolute Gasteiger partial charge is 0.303 e. The molecule has 0 aromatic heterocycles. The monoisotopic (exact) mass is 310 g/mol. The maximum Gasteiger partial charge on any atom is 0.139 e. The molecule has 0 saturated carbocycles. The summed E-state index contributed by atoms with van der Waals surface area (Å²) < 4.78 is 0. The summed E-state index contributed by atoms with van der Waals surface area (Å²) >= 11 is 0. The Bertz CT molecular complexity index is 319. The van der Waals surface area contributed by atoms with Gasteiger partial charge in [0.15, 0.2) is 0 Å². The van der Waals surface area contributed by atoms with E-state index < -0.39 is 0 Å². The van der Waals surface area contributed by atoms with Crippen molar-refractivity contribution in [2.24, 2.45) is 0 Å². The number of nitrogens with one attached hydrogen (secondary N) is 1. The van der Waals surface area contributed by atoms with Gasteiger partial charge in [-0.25, -0.2) is 0 Å². The molecule has 1 aliphatic rings. The van der Waals surface area contributed by atoms with Crippen LogP contribution in [0, 0.1) is 0 Å². The van der Waals surface area contributed by atoms with Crippen LogP contribution >= 0.6 is 0 Å². The normalized spacial score (nSPS) is 24.3. The average molecular weight is 311 g/mol. The van der Waals surface area contributed by atoms with Gasteiger partial charge in [0.25, 0.3) is 0 Å². The van der Waals surface area contributed by atoms with E-state index >= 15 is 0 Å². The third-order valence-corrected chi connectivity index (χ3v) is 5.65. The maximum absolute atomic E-state index is 12.0. The number of carbonyl (C=O) groups is 1. The van der Waals surface area contributed by atoms with E-state index in [1.54, 1.807) is 0 Å². The van der Waals surface area contributed by atoms with Gasteiger partial charge in [-0.3, -0.25) is 4.90 Å². The number of rotatable bonds is 10. The van der Waals surface area contributed by atoms with Gasteiger partial charge in [0.1, 0.15) is 6.29 Å². The van der Waals surface area contributed by atoms with Crippen molar-refractivity contribution in [2.75, 3.05) is 13.1 Å². The van der Waals surface area contributed by atoms with Crippen LogP contribution in [0.15, 0.2) is 0 Å². The molecule has 1 aliphatic heterocycles. The number of nitrogens with zero attached hydrogens (tertiary/aromatic N) is 1. The lowest BCUT2D eigenvalue weighted by Crippen LogP contribution is -2.75. The van der Waals surface area contributed by atoms with E-state index in [0.717, 1.165) is 51.6 Å². The molecule has 1 heterocycles. The fraction of sp³-hybridized carbons (Fsp3) is 0.947. The summed E-state index contributed by atoms with van der Waals surface area (Å²) in [5, 5.41) is 4.02. The molecule has 1 unspecified atom stereocenters. The molecule has 0 radical (unpaired) electrons. The van der Waals surface area contributed by atoms with Crippen molar-refractivity contribution in [3.8, 4) is 0 Å². The van der Waals surface area contributed by atoms with Gasteiger partial charge in [-0.2, -0.15) is 0 Å². The van der Waals surface area contributed by atoms with Gasteiger partial charge >= 0.3 is 0 Å². The molecule has 1 N–H and O–H groups in total. The van der Waals surface area contributed by atoms with Crippen LogP contribution in [0.4, 0.5) is 0 Å². The molecule has 0 aromatic rings. The lowest BCUT2D eigenvalue weighted by molar-refractivity contribution is -0.121. The van der Waals surface area contributed by atoms with Gasteiger partial charge in [0, 0.05) is 17.6 Å². The SMILES string of the molecule is CCCCN1CC(CC)(CC)NC(CCC)(CCC)C1C=O. The van der Waals surface area contributed by atoms with Crippen LogP contribution in [-0.2, 0) is 4.79 Å². The van der Waals surface area contributed by atoms with E-state index in [2.05, 4.69) is 44.8 Å². The topological polar surface area (TPSA) is 32.3 Å². The average Bonchev–Trinajstić information content (AvgIpc) is 2.52. The van der Waals surface area contributed by atoms with Crippen molar-refractivity contribution >= 4 is 6.29 Å². The van der Waals surface area contributed by atoms with E-state index in [1.165, 1.54) is 19.1 Å². The van der Waals surface area contributed by atoms with Crippen molar-refractivity contribution in [2.45, 2.75) is 103 Å². The quantitative estimate of drug-likeness (QED) is 0.615. The summed E-state index contributed by atoms with van der Waals surface area (Å²) in [5.41, 5.74) is 0.126. The molecule has 22 heavy (non-hydrogen) atoms. The van der Waals surface area contributed by atoms with E-state index in [4.69, 9.17) is 0 Å². The first-order chi connectivity index (χ1) is 10.6. The van der Waals surface area contributed by atoms with Crippen LogP contribution in [0.2, 0.25) is 0 Å². The van der Waals surface area contributed by atoms with Crippen molar-refractivity contribution in [1.82, 2.24) is 10.2 Å². The van der Waals surface area contributed by atoms with Gasteiger partial charge < -0.3 is 10.1 Å². The predicted octanol–water partition coefficient (Wildman–Crippen LogP) is 4.16. The Morgan fingerprint density at radius 3 is 2.05 bits per heavy atom. The second-order valence-corrected chi connectivity index (χ2v) is 7.17. The van der Waals surface area contributed by atoms with E-state index in [1.807, 2.05) is 0 Å². The lowest BCUT2D eigenvalue weighted by Gasteiger charge is -2.57. The summed E-state index contributed by atoms with van der Waals surface area (Å²) in [4.78, 5) is 14.5. The summed E-state index contributed by atoms with van der Waals surface area (Å²) in [6, 6.07) is 0.0326. The molecular formula is C19H38N2O. The van der Waals surface area contributed by atoms with E-state index in [9.17, 15) is 4.79 Å². The summed E-state index contributed by atoms with van der Waals surface area (Å²) in [5.74, 6) is 0. The van der Waals surface area contributed by atoms with Crippen molar-refractivity contribution in [3.05, 3.63) is 0 Å². The lowest BCUT2D eigenvalue weighted by atomic mass is 9.73. The van der Waals surface area contributed by atoms with Crippen molar-refractivity contribution < 1.29 is 4.79 Å². The van der Waals surface area contributed by atoms with Crippen LogP contribution in [0.3, 0.4) is 0 Å². The van der Waals surface area contributed by atoms with E-state index in [-0.39, 0.29) is 17.1 Å². The maximum atomic E-state index is 12.0. The zero-order valence-electron chi connectivity index (χ0n) is 15.6. The van der Waals surface area contributed by atoms with Crippen LogP contribution in [0.25, 0.3) is 0 Å². The number of piperazine rings is 1. The molecule has 3 nitrogen and oxygen atoms in total. The van der Waals surface area contributed by atoms with Crippen LogP contribution in [0.5, 0.6) is 0 Å². The van der Waals surface area contributed by atoms with Crippen LogP contribution < -0.4 is 5.32 Å². The molecule has 1 rings (SSSR count). The zero-order chi connectivity index (χ0) is 16.6. The molecule has 0 spiro atoms. The van der Waals surface area contributed by atoms with Crippen molar-refractivity contribution in [3.63, 3.8) is 0 Å². The first-order valence-corrected chi connectivity index (χ1v) is 9.55. The molecule has 3 heteroatoms. The smallest absolute Gasteiger partial charge is 0.139 e. The third kappa shape index (κ3) is 4.11. The Balaban J connectivity index is 3.18. The minimum Gasteiger partial charge on any atom is -0.303 e. The molecule has 0 aromatic carbocycles. The first kappa shape index (κ1) is 19.6. The standard InChI is InChI=1S/C19H38N2O/c1-6-11-14-21-16-18(9-4,10-5)20-19(12-7-2,13-8-3)17(21)15-22/h15,17,20H,6-14,16H2,1-5H3. The van der Waals surface area contributed by atoms with Gasteiger partial charge in [-0.1, -0.05) is 53.9 Å². The summed E-state index contributed by atoms with van der Waals surface area (Å²) in [6.07, 6.45) is 10.3. The molecular weight excluding hydrogens is 272 g/mol. The molecule has 0 bridgehead atoms. The zero-order valence-corrected chi connectivity index (χ0v) is 15.6.